The summed E-state index contributed by atoms with van der Waals surface area (Å²) in [7, 11) is 2.12. The number of benzene rings is 1. The highest BCUT2D eigenvalue weighted by Crippen LogP contribution is 2.30. The van der Waals surface area contributed by atoms with E-state index in [9.17, 15) is 9.90 Å². The number of nitrogens with one attached hydrogen (secondary N) is 2. The van der Waals surface area contributed by atoms with E-state index in [0.717, 1.165) is 25.1 Å². The minimum Gasteiger partial charge on any atom is -0.508 e. The molecule has 1 aliphatic rings. The summed E-state index contributed by atoms with van der Waals surface area (Å²) >= 11 is 1.26. The van der Waals surface area contributed by atoms with Gasteiger partial charge in [0.15, 0.2) is 10.9 Å². The lowest BCUT2D eigenvalue weighted by Gasteiger charge is -2.11. The van der Waals surface area contributed by atoms with Crippen LogP contribution in [0.1, 0.15) is 33.3 Å². The molecule has 4 rings (SSSR count). The van der Waals surface area contributed by atoms with Crippen LogP contribution in [0.4, 0.5) is 16.6 Å². The molecule has 0 saturated carbocycles. The molecule has 9 heteroatoms. The van der Waals surface area contributed by atoms with E-state index in [1.54, 1.807) is 25.3 Å². The van der Waals surface area contributed by atoms with Crippen LogP contribution >= 0.6 is 11.3 Å². The highest BCUT2D eigenvalue weighted by Gasteiger charge is 2.22. The second kappa shape index (κ2) is 7.84. The largest absolute Gasteiger partial charge is 0.508 e. The van der Waals surface area contributed by atoms with Crippen molar-refractivity contribution >= 4 is 33.9 Å². The van der Waals surface area contributed by atoms with Crippen molar-refractivity contribution in [1.29, 1.82) is 0 Å². The van der Waals surface area contributed by atoms with Gasteiger partial charge < -0.3 is 20.6 Å². The van der Waals surface area contributed by atoms with Gasteiger partial charge in [-0.15, -0.1) is 0 Å². The van der Waals surface area contributed by atoms with Crippen LogP contribution in [0.2, 0.25) is 0 Å². The third-order valence-corrected chi connectivity index (χ3v) is 6.11. The summed E-state index contributed by atoms with van der Waals surface area (Å²) in [4.78, 5) is 19.7. The monoisotopic (exact) mass is 412 g/mol. The van der Waals surface area contributed by atoms with Gasteiger partial charge in [-0.3, -0.25) is 9.48 Å². The third-order valence-electron chi connectivity index (χ3n) is 5.20. The summed E-state index contributed by atoms with van der Waals surface area (Å²) in [5, 5.41) is 21.1. The van der Waals surface area contributed by atoms with Gasteiger partial charge in [0.2, 0.25) is 0 Å². The van der Waals surface area contributed by atoms with E-state index in [1.165, 1.54) is 11.3 Å². The smallest absolute Gasteiger partial charge is 0.267 e. The van der Waals surface area contributed by atoms with Gasteiger partial charge in [0.1, 0.15) is 10.6 Å². The topological polar surface area (TPSA) is 95.3 Å². The average molecular weight is 413 g/mol. The zero-order chi connectivity index (χ0) is 20.5. The fourth-order valence-electron chi connectivity index (χ4n) is 3.49. The lowest BCUT2D eigenvalue weighted by atomic mass is 10.1. The first-order chi connectivity index (χ1) is 13.9. The molecule has 1 fully saturated rings. The van der Waals surface area contributed by atoms with Crippen molar-refractivity contribution in [2.24, 2.45) is 0 Å². The summed E-state index contributed by atoms with van der Waals surface area (Å²) in [6.07, 6.45) is 4.60. The number of aromatic nitrogens is 3. The van der Waals surface area contributed by atoms with Crippen molar-refractivity contribution in [2.75, 3.05) is 30.8 Å². The summed E-state index contributed by atoms with van der Waals surface area (Å²) < 4.78 is 1.99. The molecule has 0 radical (unpaired) electrons. The standard InChI is InChI=1S/C20H24N6O2S/c1-12-4-5-15(27)13(2)18(12)23-19(28)16-10-21-20(29-16)22-17-7-9-26(24-17)14-6-8-25(3)11-14/h4-5,7,9-10,14,27H,6,8,11H2,1-3H3,(H,23,28)(H,21,22,24). The lowest BCUT2D eigenvalue weighted by Crippen LogP contribution is -2.16. The van der Waals surface area contributed by atoms with E-state index < -0.39 is 0 Å². The van der Waals surface area contributed by atoms with Crippen molar-refractivity contribution in [1.82, 2.24) is 19.7 Å². The number of likely N-dealkylation sites (tertiary alicyclic amines) is 1. The van der Waals surface area contributed by atoms with Gasteiger partial charge in [0, 0.05) is 24.4 Å². The molecular weight excluding hydrogens is 388 g/mol. The first-order valence-corrected chi connectivity index (χ1v) is 10.3. The Kier molecular flexibility index (Phi) is 5.25. The third kappa shape index (κ3) is 4.10. The number of aromatic hydroxyl groups is 1. The van der Waals surface area contributed by atoms with Gasteiger partial charge in [-0.05, 0) is 45.5 Å². The zero-order valence-electron chi connectivity index (χ0n) is 16.6. The molecule has 0 spiro atoms. The number of amides is 1. The number of phenols is 1. The first kappa shape index (κ1) is 19.4. The normalized spacial score (nSPS) is 16.9. The molecule has 1 aliphatic heterocycles. The molecule has 0 aliphatic carbocycles. The number of likely N-dealkylation sites (N-methyl/N-ethyl adjacent to an activating group) is 1. The molecule has 8 nitrogen and oxygen atoms in total. The fraction of sp³-hybridized carbons (Fsp3) is 0.350. The average Bonchev–Trinajstić information content (AvgIpc) is 3.43. The maximum atomic E-state index is 12.6. The molecule has 3 heterocycles. The maximum Gasteiger partial charge on any atom is 0.267 e. The fourth-order valence-corrected chi connectivity index (χ4v) is 4.20. The number of hydrogen-bond donors (Lipinski definition) is 3. The Morgan fingerprint density at radius 2 is 2.14 bits per heavy atom. The molecule has 1 unspecified atom stereocenters. The van der Waals surface area contributed by atoms with Crippen molar-refractivity contribution in [2.45, 2.75) is 26.3 Å². The van der Waals surface area contributed by atoms with Gasteiger partial charge in [0.25, 0.3) is 5.91 Å². The van der Waals surface area contributed by atoms with E-state index in [4.69, 9.17) is 0 Å². The van der Waals surface area contributed by atoms with E-state index in [2.05, 4.69) is 32.7 Å². The number of phenolic OH excluding ortho intramolecular Hbond substituents is 1. The number of thiazole rings is 1. The van der Waals surface area contributed by atoms with Crippen molar-refractivity contribution in [3.8, 4) is 5.75 Å². The van der Waals surface area contributed by atoms with Gasteiger partial charge >= 0.3 is 0 Å². The van der Waals surface area contributed by atoms with Gasteiger partial charge in [-0.1, -0.05) is 17.4 Å². The van der Waals surface area contributed by atoms with Gasteiger partial charge in [0.05, 0.1) is 17.9 Å². The number of carbonyl (C=O) groups excluding carboxylic acids is 1. The molecular formula is C20H24N6O2S. The van der Waals surface area contributed by atoms with E-state index in [1.807, 2.05) is 23.9 Å². The number of carbonyl (C=O) groups is 1. The second-order valence-corrected chi connectivity index (χ2v) is 8.43. The lowest BCUT2D eigenvalue weighted by molar-refractivity contribution is 0.103. The van der Waals surface area contributed by atoms with Crippen LogP contribution in [-0.4, -0.2) is 50.8 Å². The summed E-state index contributed by atoms with van der Waals surface area (Å²) in [6.45, 7) is 5.74. The summed E-state index contributed by atoms with van der Waals surface area (Å²) in [6, 6.07) is 5.70. The van der Waals surface area contributed by atoms with E-state index in [-0.39, 0.29) is 11.7 Å². The quantitative estimate of drug-likeness (QED) is 0.593. The molecule has 2 aromatic heterocycles. The van der Waals surface area contributed by atoms with Gasteiger partial charge in [-0.25, -0.2) is 4.98 Å². The van der Waals surface area contributed by atoms with Crippen LogP contribution in [0.3, 0.4) is 0 Å². The van der Waals surface area contributed by atoms with Crippen LogP contribution < -0.4 is 10.6 Å². The number of anilines is 3. The highest BCUT2D eigenvalue weighted by atomic mass is 32.1. The highest BCUT2D eigenvalue weighted by molar-refractivity contribution is 7.17. The zero-order valence-corrected chi connectivity index (χ0v) is 17.5. The SMILES string of the molecule is Cc1ccc(O)c(C)c1NC(=O)c1cnc(Nc2ccn(C3CCN(C)C3)n2)s1. The minimum atomic E-state index is -0.258. The number of aryl methyl sites for hydroxylation is 1. The van der Waals surface area contributed by atoms with Crippen molar-refractivity contribution < 1.29 is 9.90 Å². The Labute approximate surface area is 173 Å². The predicted molar refractivity (Wildman–Crippen MR) is 114 cm³/mol. The molecule has 3 aromatic rings. The molecule has 1 aromatic carbocycles. The second-order valence-electron chi connectivity index (χ2n) is 7.40. The molecule has 152 valence electrons. The van der Waals surface area contributed by atoms with Crippen LogP contribution in [0, 0.1) is 13.8 Å². The Bertz CT molecular complexity index is 1040. The number of rotatable bonds is 5. The van der Waals surface area contributed by atoms with Crippen LogP contribution in [-0.2, 0) is 0 Å². The van der Waals surface area contributed by atoms with Gasteiger partial charge in [-0.2, -0.15) is 5.10 Å². The molecule has 29 heavy (non-hydrogen) atoms. The van der Waals surface area contributed by atoms with E-state index in [0.29, 0.717) is 33.1 Å². The predicted octanol–water partition coefficient (Wildman–Crippen LogP) is 3.53. The molecule has 1 amide bonds. The molecule has 3 N–H and O–H groups in total. The van der Waals surface area contributed by atoms with Crippen LogP contribution in [0.15, 0.2) is 30.6 Å². The minimum absolute atomic E-state index is 0.154. The first-order valence-electron chi connectivity index (χ1n) is 9.48. The van der Waals surface area contributed by atoms with Crippen LogP contribution in [0.5, 0.6) is 5.75 Å². The Hall–Kier alpha value is -2.91. The van der Waals surface area contributed by atoms with Crippen LogP contribution in [0.25, 0.3) is 0 Å². The summed E-state index contributed by atoms with van der Waals surface area (Å²) in [5.74, 6) is 0.606. The number of hydrogen-bond acceptors (Lipinski definition) is 7. The maximum absolute atomic E-state index is 12.6. The summed E-state index contributed by atoms with van der Waals surface area (Å²) in [5.41, 5.74) is 2.15. The Balaban J connectivity index is 1.43. The molecule has 0 bridgehead atoms. The number of nitrogens with zero attached hydrogens (tertiary/aromatic N) is 4. The molecule has 1 saturated heterocycles. The Morgan fingerprint density at radius 1 is 1.31 bits per heavy atom. The van der Waals surface area contributed by atoms with Crippen molar-refractivity contribution in [3.63, 3.8) is 0 Å². The van der Waals surface area contributed by atoms with Crippen molar-refractivity contribution in [3.05, 3.63) is 46.6 Å². The Morgan fingerprint density at radius 3 is 2.90 bits per heavy atom. The van der Waals surface area contributed by atoms with E-state index >= 15 is 0 Å². The molecule has 1 atom stereocenters.